The molecular formula is C31H34N4O5S. The fourth-order valence-electron chi connectivity index (χ4n) is 5.25. The fourth-order valence-corrected chi connectivity index (χ4v) is 6.17. The van der Waals surface area contributed by atoms with Crippen LogP contribution in [0.1, 0.15) is 40.7 Å². The van der Waals surface area contributed by atoms with Gasteiger partial charge in [-0.3, -0.25) is 4.31 Å². The summed E-state index contributed by atoms with van der Waals surface area (Å²) in [7, 11) is -2.16. The van der Waals surface area contributed by atoms with Crippen LogP contribution in [0.2, 0.25) is 0 Å². The minimum atomic E-state index is -3.47. The highest BCUT2D eigenvalue weighted by atomic mass is 32.2. The molecule has 41 heavy (non-hydrogen) atoms. The minimum Gasteiger partial charge on any atom is -0.494 e. The Morgan fingerprint density at radius 3 is 2.37 bits per heavy atom. The molecule has 0 spiro atoms. The lowest BCUT2D eigenvalue weighted by Crippen LogP contribution is -2.40. The van der Waals surface area contributed by atoms with E-state index >= 15 is 0 Å². The molecule has 0 aliphatic carbocycles. The average molecular weight is 575 g/mol. The number of nitrogens with one attached hydrogen (secondary N) is 1. The zero-order valence-electron chi connectivity index (χ0n) is 23.2. The summed E-state index contributed by atoms with van der Waals surface area (Å²) in [6, 6.07) is 21.6. The van der Waals surface area contributed by atoms with E-state index in [0.29, 0.717) is 52.2 Å². The van der Waals surface area contributed by atoms with Crippen LogP contribution in [0.3, 0.4) is 0 Å². The van der Waals surface area contributed by atoms with E-state index in [2.05, 4.69) is 9.88 Å². The van der Waals surface area contributed by atoms with Crippen molar-refractivity contribution >= 4 is 44.0 Å². The first kappa shape index (κ1) is 28.4. The number of aromatic hydroxyl groups is 1. The number of piperidine rings is 1. The van der Waals surface area contributed by atoms with Crippen molar-refractivity contribution in [2.24, 2.45) is 4.99 Å². The Kier molecular flexibility index (Phi) is 8.41. The summed E-state index contributed by atoms with van der Waals surface area (Å²) in [5, 5.41) is 11.7. The number of methoxy groups -OCH3 is 1. The number of fused-ring (bicyclic) bond motifs is 1. The van der Waals surface area contributed by atoms with E-state index in [-0.39, 0.29) is 5.88 Å². The van der Waals surface area contributed by atoms with Crippen molar-refractivity contribution in [2.45, 2.75) is 19.3 Å². The average Bonchev–Trinajstić information content (AvgIpc) is 3.31. The van der Waals surface area contributed by atoms with Gasteiger partial charge in [0.25, 0.3) is 0 Å². The van der Waals surface area contributed by atoms with Gasteiger partial charge in [0, 0.05) is 29.6 Å². The van der Waals surface area contributed by atoms with E-state index in [4.69, 9.17) is 9.73 Å². The van der Waals surface area contributed by atoms with Crippen molar-refractivity contribution in [3.05, 3.63) is 89.5 Å². The third kappa shape index (κ3) is 6.44. The number of hydrogen-bond acceptors (Lipinski definition) is 7. The predicted molar refractivity (Wildman–Crippen MR) is 162 cm³/mol. The molecule has 1 aliphatic rings. The zero-order valence-corrected chi connectivity index (χ0v) is 24.0. The van der Waals surface area contributed by atoms with Gasteiger partial charge in [-0.05, 0) is 62.3 Å². The topological polar surface area (TPSA) is 115 Å². The summed E-state index contributed by atoms with van der Waals surface area (Å²) in [4.78, 5) is 22.2. The lowest BCUT2D eigenvalue weighted by molar-refractivity contribution is 0.0601. The minimum absolute atomic E-state index is 0.0813. The van der Waals surface area contributed by atoms with E-state index in [0.717, 1.165) is 31.5 Å². The molecule has 2 heterocycles. The Balaban J connectivity index is 1.50. The number of benzene rings is 3. The number of likely N-dealkylation sites (tertiary alicyclic amines) is 1. The summed E-state index contributed by atoms with van der Waals surface area (Å²) < 4.78 is 31.6. The normalized spacial score (nSPS) is 14.7. The molecule has 2 N–H and O–H groups in total. The number of esters is 1. The lowest BCUT2D eigenvalue weighted by Gasteiger charge is -2.30. The van der Waals surface area contributed by atoms with E-state index in [1.807, 2.05) is 30.3 Å². The van der Waals surface area contributed by atoms with Gasteiger partial charge < -0.3 is 19.7 Å². The molecule has 5 rings (SSSR count). The zero-order chi connectivity index (χ0) is 29.0. The van der Waals surface area contributed by atoms with Gasteiger partial charge in [0.15, 0.2) is 5.88 Å². The number of anilines is 1. The van der Waals surface area contributed by atoms with Crippen LogP contribution in [0.25, 0.3) is 10.9 Å². The Morgan fingerprint density at radius 2 is 1.71 bits per heavy atom. The molecule has 0 atom stereocenters. The summed E-state index contributed by atoms with van der Waals surface area (Å²) >= 11 is 0. The van der Waals surface area contributed by atoms with Gasteiger partial charge in [0.1, 0.15) is 0 Å². The summed E-state index contributed by atoms with van der Waals surface area (Å²) in [5.74, 6) is -0.555. The van der Waals surface area contributed by atoms with Gasteiger partial charge in [-0.2, -0.15) is 0 Å². The highest BCUT2D eigenvalue weighted by molar-refractivity contribution is 7.92. The molecule has 4 aromatic rings. The number of rotatable bonds is 9. The van der Waals surface area contributed by atoms with Crippen molar-refractivity contribution in [3.8, 4) is 5.88 Å². The van der Waals surface area contributed by atoms with Crippen LogP contribution in [0.5, 0.6) is 5.88 Å². The maximum Gasteiger partial charge on any atom is 0.337 e. The number of aromatic amines is 1. The smallest absolute Gasteiger partial charge is 0.337 e. The molecule has 9 nitrogen and oxygen atoms in total. The largest absolute Gasteiger partial charge is 0.494 e. The third-order valence-electron chi connectivity index (χ3n) is 7.33. The number of carbonyl (C=O) groups excluding carboxylic acids is 1. The second-order valence-electron chi connectivity index (χ2n) is 10.2. The highest BCUT2D eigenvalue weighted by Crippen LogP contribution is 2.33. The van der Waals surface area contributed by atoms with E-state index in [9.17, 15) is 18.3 Å². The van der Waals surface area contributed by atoms with Crippen LogP contribution in [0, 0.1) is 0 Å². The second-order valence-corrected chi connectivity index (χ2v) is 12.1. The van der Waals surface area contributed by atoms with Crippen LogP contribution in [-0.4, -0.2) is 74.6 Å². The fraction of sp³-hybridized carbons (Fsp3) is 0.290. The van der Waals surface area contributed by atoms with Gasteiger partial charge in [-0.1, -0.05) is 42.8 Å². The molecule has 0 bridgehead atoms. The maximum absolute atomic E-state index is 12.7. The van der Waals surface area contributed by atoms with Crippen molar-refractivity contribution in [3.63, 3.8) is 0 Å². The third-order valence-corrected chi connectivity index (χ3v) is 8.52. The second kappa shape index (κ2) is 12.2. The molecule has 0 radical (unpaired) electrons. The van der Waals surface area contributed by atoms with Crippen molar-refractivity contribution in [1.29, 1.82) is 0 Å². The van der Waals surface area contributed by atoms with Gasteiger partial charge in [-0.15, -0.1) is 0 Å². The van der Waals surface area contributed by atoms with E-state index in [1.54, 1.807) is 42.5 Å². The first-order valence-electron chi connectivity index (χ1n) is 13.6. The van der Waals surface area contributed by atoms with Gasteiger partial charge in [-0.25, -0.2) is 18.2 Å². The highest BCUT2D eigenvalue weighted by Gasteiger charge is 2.22. The van der Waals surface area contributed by atoms with Gasteiger partial charge in [0.05, 0.1) is 41.6 Å². The van der Waals surface area contributed by atoms with Crippen molar-refractivity contribution in [1.82, 2.24) is 9.88 Å². The number of nitrogens with zero attached hydrogens (tertiary/aromatic N) is 3. The summed E-state index contributed by atoms with van der Waals surface area (Å²) in [6.07, 6.45) is 4.75. The van der Waals surface area contributed by atoms with E-state index < -0.39 is 16.0 Å². The van der Waals surface area contributed by atoms with Crippen LogP contribution < -0.4 is 4.31 Å². The summed E-state index contributed by atoms with van der Waals surface area (Å²) in [5.41, 5.74) is 3.90. The molecule has 214 valence electrons. The number of aliphatic imine (C=N–C) groups is 1. The Bertz CT molecular complexity index is 1660. The molecule has 0 unspecified atom stereocenters. The molecular weight excluding hydrogens is 540 g/mol. The first-order valence-corrected chi connectivity index (χ1v) is 15.5. The molecule has 0 amide bonds. The number of aromatic nitrogens is 1. The summed E-state index contributed by atoms with van der Waals surface area (Å²) in [6.45, 7) is 3.06. The number of hydrogen-bond donors (Lipinski definition) is 2. The maximum atomic E-state index is 12.7. The van der Waals surface area contributed by atoms with E-state index in [1.165, 1.54) is 24.1 Å². The quantitative estimate of drug-likeness (QED) is 0.213. The predicted octanol–water partition coefficient (Wildman–Crippen LogP) is 5.08. The van der Waals surface area contributed by atoms with Crippen LogP contribution >= 0.6 is 0 Å². The Morgan fingerprint density at radius 1 is 1.00 bits per heavy atom. The lowest BCUT2D eigenvalue weighted by atomic mass is 10.00. The van der Waals surface area contributed by atoms with Crippen molar-refractivity contribution < 1.29 is 23.1 Å². The van der Waals surface area contributed by atoms with Crippen LogP contribution in [0.4, 0.5) is 11.4 Å². The van der Waals surface area contributed by atoms with Crippen LogP contribution in [0.15, 0.2) is 77.8 Å². The number of ether oxygens (including phenoxy) is 1. The monoisotopic (exact) mass is 574 g/mol. The molecule has 0 saturated carbocycles. The number of H-pyrrole nitrogens is 1. The molecule has 3 aromatic carbocycles. The van der Waals surface area contributed by atoms with Gasteiger partial charge >= 0.3 is 5.97 Å². The molecule has 1 aromatic heterocycles. The Hall–Kier alpha value is -4.15. The van der Waals surface area contributed by atoms with Crippen LogP contribution in [-0.2, 0) is 14.8 Å². The molecule has 1 fully saturated rings. The number of carbonyl (C=O) groups is 1. The van der Waals surface area contributed by atoms with Crippen molar-refractivity contribution in [2.75, 3.05) is 43.8 Å². The first-order chi connectivity index (χ1) is 19.7. The SMILES string of the molecule is COC(=O)c1ccc2c(C(=Nc3ccc(N(CCN4CCCCC4)S(C)(=O)=O)cc3)c3ccccc3)c(O)[nH]c2c1. The Labute approximate surface area is 240 Å². The molecule has 1 aliphatic heterocycles. The standard InChI is InChI=1S/C31H34N4O5S/c1-40-31(37)23-11-16-26-27(21-23)33-30(36)28(26)29(22-9-5-3-6-10-22)32-24-12-14-25(15-13-24)35(41(2,38)39)20-19-34-17-7-4-8-18-34/h3,5-6,9-16,21,33,36H,4,7-8,17-20H2,1-2H3. The molecule has 1 saturated heterocycles. The number of sulfonamides is 1. The van der Waals surface area contributed by atoms with Gasteiger partial charge in [0.2, 0.25) is 10.0 Å². The molecule has 10 heteroatoms.